The minimum atomic E-state index is 0.470. The normalized spacial score (nSPS) is 33.2. The summed E-state index contributed by atoms with van der Waals surface area (Å²) < 4.78 is 0. The van der Waals surface area contributed by atoms with Crippen LogP contribution >= 0.6 is 11.8 Å². The second kappa shape index (κ2) is 5.13. The van der Waals surface area contributed by atoms with Crippen molar-refractivity contribution in [2.24, 2.45) is 5.73 Å². The second-order valence-corrected chi connectivity index (χ2v) is 5.52. The molecule has 0 radical (unpaired) electrons. The molecular formula is C10H21NS. The quantitative estimate of drug-likeness (QED) is 0.735. The summed E-state index contributed by atoms with van der Waals surface area (Å²) in [6.07, 6.45) is 6.60. The molecule has 72 valence electrons. The van der Waals surface area contributed by atoms with Gasteiger partial charge in [-0.05, 0) is 19.3 Å². The maximum absolute atomic E-state index is 6.06. The summed E-state index contributed by atoms with van der Waals surface area (Å²) in [5.41, 5.74) is 6.06. The van der Waals surface area contributed by atoms with E-state index in [1.807, 2.05) is 0 Å². The van der Waals surface area contributed by atoms with Crippen LogP contribution in [0.3, 0.4) is 0 Å². The molecule has 1 saturated carbocycles. The first-order valence-electron chi connectivity index (χ1n) is 5.15. The highest BCUT2D eigenvalue weighted by Gasteiger charge is 2.23. The number of rotatable bonds is 3. The van der Waals surface area contributed by atoms with Crippen LogP contribution in [0.1, 0.15) is 46.0 Å². The third-order valence-corrected chi connectivity index (χ3v) is 4.47. The minimum absolute atomic E-state index is 0.470. The summed E-state index contributed by atoms with van der Waals surface area (Å²) in [6.45, 7) is 4.57. The Hall–Kier alpha value is 0.310. The van der Waals surface area contributed by atoms with Gasteiger partial charge in [0.2, 0.25) is 0 Å². The number of hydrogen-bond acceptors (Lipinski definition) is 2. The Morgan fingerprint density at radius 1 is 1.42 bits per heavy atom. The van der Waals surface area contributed by atoms with Crippen LogP contribution in [-0.4, -0.2) is 16.5 Å². The molecule has 0 aromatic carbocycles. The zero-order valence-corrected chi connectivity index (χ0v) is 9.07. The predicted octanol–water partition coefficient (Wildman–Crippen LogP) is 2.79. The van der Waals surface area contributed by atoms with E-state index in [9.17, 15) is 0 Å². The summed E-state index contributed by atoms with van der Waals surface area (Å²) in [7, 11) is 0. The van der Waals surface area contributed by atoms with Crippen LogP contribution in [-0.2, 0) is 0 Å². The van der Waals surface area contributed by atoms with Gasteiger partial charge in [-0.15, -0.1) is 0 Å². The van der Waals surface area contributed by atoms with Crippen molar-refractivity contribution < 1.29 is 0 Å². The maximum Gasteiger partial charge on any atom is 0.0201 e. The SMILES string of the molecule is CCC(C)SC1CCCCC1N. The first-order valence-corrected chi connectivity index (χ1v) is 6.09. The molecular weight excluding hydrogens is 166 g/mol. The summed E-state index contributed by atoms with van der Waals surface area (Å²) in [5, 5.41) is 1.54. The van der Waals surface area contributed by atoms with E-state index in [1.54, 1.807) is 0 Å². The van der Waals surface area contributed by atoms with Gasteiger partial charge in [-0.2, -0.15) is 11.8 Å². The number of nitrogens with two attached hydrogens (primary N) is 1. The van der Waals surface area contributed by atoms with E-state index in [4.69, 9.17) is 5.73 Å². The van der Waals surface area contributed by atoms with Gasteiger partial charge in [0.15, 0.2) is 0 Å². The van der Waals surface area contributed by atoms with Gasteiger partial charge >= 0.3 is 0 Å². The summed E-state index contributed by atoms with van der Waals surface area (Å²) in [4.78, 5) is 0. The van der Waals surface area contributed by atoms with E-state index in [0.29, 0.717) is 6.04 Å². The first-order chi connectivity index (χ1) is 5.74. The molecule has 0 spiro atoms. The van der Waals surface area contributed by atoms with Crippen LogP contribution < -0.4 is 5.73 Å². The highest BCUT2D eigenvalue weighted by molar-refractivity contribution is 8.00. The Balaban J connectivity index is 2.28. The molecule has 1 rings (SSSR count). The molecule has 1 fully saturated rings. The van der Waals surface area contributed by atoms with Crippen molar-refractivity contribution in [2.75, 3.05) is 0 Å². The Kier molecular flexibility index (Phi) is 4.44. The molecule has 1 aliphatic carbocycles. The van der Waals surface area contributed by atoms with E-state index >= 15 is 0 Å². The van der Waals surface area contributed by atoms with Crippen LogP contribution in [0.15, 0.2) is 0 Å². The van der Waals surface area contributed by atoms with Crippen LogP contribution in [0, 0.1) is 0 Å². The maximum atomic E-state index is 6.06. The molecule has 2 N–H and O–H groups in total. The average molecular weight is 187 g/mol. The Bertz CT molecular complexity index is 127. The smallest absolute Gasteiger partial charge is 0.0201 e. The summed E-state index contributed by atoms with van der Waals surface area (Å²) >= 11 is 2.10. The topological polar surface area (TPSA) is 26.0 Å². The summed E-state index contributed by atoms with van der Waals surface area (Å²) in [6, 6.07) is 0.470. The lowest BCUT2D eigenvalue weighted by Crippen LogP contribution is -2.36. The van der Waals surface area contributed by atoms with Crippen LogP contribution in [0.5, 0.6) is 0 Å². The highest BCUT2D eigenvalue weighted by atomic mass is 32.2. The average Bonchev–Trinajstić information content (AvgIpc) is 2.09. The zero-order chi connectivity index (χ0) is 8.97. The molecule has 0 aliphatic heterocycles. The van der Waals surface area contributed by atoms with Crippen molar-refractivity contribution in [3.05, 3.63) is 0 Å². The molecule has 0 aromatic heterocycles. The zero-order valence-electron chi connectivity index (χ0n) is 8.25. The molecule has 0 amide bonds. The van der Waals surface area contributed by atoms with Crippen molar-refractivity contribution in [3.8, 4) is 0 Å². The van der Waals surface area contributed by atoms with E-state index in [2.05, 4.69) is 25.6 Å². The third-order valence-electron chi connectivity index (χ3n) is 2.74. The van der Waals surface area contributed by atoms with Crippen molar-refractivity contribution in [3.63, 3.8) is 0 Å². The molecule has 1 aliphatic rings. The minimum Gasteiger partial charge on any atom is -0.327 e. The lowest BCUT2D eigenvalue weighted by atomic mass is 9.96. The lowest BCUT2D eigenvalue weighted by Gasteiger charge is -2.29. The van der Waals surface area contributed by atoms with Crippen molar-refractivity contribution in [2.45, 2.75) is 62.5 Å². The van der Waals surface area contributed by atoms with Gasteiger partial charge in [0.1, 0.15) is 0 Å². The van der Waals surface area contributed by atoms with Crippen LogP contribution in [0.2, 0.25) is 0 Å². The first kappa shape index (κ1) is 10.4. The molecule has 12 heavy (non-hydrogen) atoms. The lowest BCUT2D eigenvalue weighted by molar-refractivity contribution is 0.452. The fourth-order valence-corrected chi connectivity index (χ4v) is 3.12. The molecule has 0 bridgehead atoms. The molecule has 0 saturated heterocycles. The molecule has 3 unspecified atom stereocenters. The Labute approximate surface area is 80.5 Å². The van der Waals surface area contributed by atoms with Gasteiger partial charge in [0.05, 0.1) is 0 Å². The number of hydrogen-bond donors (Lipinski definition) is 1. The third kappa shape index (κ3) is 2.98. The fourth-order valence-electron chi connectivity index (χ4n) is 1.69. The monoisotopic (exact) mass is 187 g/mol. The number of thioether (sulfide) groups is 1. The second-order valence-electron chi connectivity index (χ2n) is 3.84. The van der Waals surface area contributed by atoms with Gasteiger partial charge < -0.3 is 5.73 Å². The van der Waals surface area contributed by atoms with E-state index in [1.165, 1.54) is 32.1 Å². The predicted molar refractivity (Wildman–Crippen MR) is 57.6 cm³/mol. The Morgan fingerprint density at radius 3 is 2.67 bits per heavy atom. The van der Waals surface area contributed by atoms with Gasteiger partial charge in [0.25, 0.3) is 0 Å². The van der Waals surface area contributed by atoms with Crippen molar-refractivity contribution in [1.29, 1.82) is 0 Å². The van der Waals surface area contributed by atoms with Crippen molar-refractivity contribution >= 4 is 11.8 Å². The van der Waals surface area contributed by atoms with Gasteiger partial charge in [-0.25, -0.2) is 0 Å². The van der Waals surface area contributed by atoms with E-state index in [-0.39, 0.29) is 0 Å². The van der Waals surface area contributed by atoms with Crippen LogP contribution in [0.25, 0.3) is 0 Å². The Morgan fingerprint density at radius 2 is 2.08 bits per heavy atom. The summed E-state index contributed by atoms with van der Waals surface area (Å²) in [5.74, 6) is 0. The molecule has 0 aromatic rings. The van der Waals surface area contributed by atoms with Crippen LogP contribution in [0.4, 0.5) is 0 Å². The van der Waals surface area contributed by atoms with E-state index < -0.39 is 0 Å². The standard InChI is InChI=1S/C10H21NS/c1-3-8(2)12-10-7-5-4-6-9(10)11/h8-10H,3-7,11H2,1-2H3. The highest BCUT2D eigenvalue weighted by Crippen LogP contribution is 2.31. The fraction of sp³-hybridized carbons (Fsp3) is 1.00. The van der Waals surface area contributed by atoms with E-state index in [0.717, 1.165) is 10.5 Å². The molecule has 0 heterocycles. The van der Waals surface area contributed by atoms with Gasteiger partial charge in [-0.3, -0.25) is 0 Å². The molecule has 3 atom stereocenters. The molecule has 1 nitrogen and oxygen atoms in total. The van der Waals surface area contributed by atoms with Gasteiger partial charge in [-0.1, -0.05) is 26.7 Å². The van der Waals surface area contributed by atoms with Gasteiger partial charge in [0, 0.05) is 16.5 Å². The van der Waals surface area contributed by atoms with Crippen molar-refractivity contribution in [1.82, 2.24) is 0 Å². The molecule has 2 heteroatoms. The largest absolute Gasteiger partial charge is 0.327 e.